The summed E-state index contributed by atoms with van der Waals surface area (Å²) in [6, 6.07) is 5.57. The van der Waals surface area contributed by atoms with E-state index in [-0.39, 0.29) is 6.79 Å². The molecule has 0 heterocycles. The molecule has 0 fully saturated rings. The first kappa shape index (κ1) is 13.7. The van der Waals surface area contributed by atoms with Gasteiger partial charge in [-0.15, -0.1) is 0 Å². The minimum Gasteiger partial charge on any atom is -0.467 e. The van der Waals surface area contributed by atoms with Crippen LogP contribution >= 0.6 is 0 Å². The van der Waals surface area contributed by atoms with Crippen molar-refractivity contribution in [3.05, 3.63) is 29.3 Å². The quantitative estimate of drug-likeness (QED) is 0.395. The maximum Gasteiger partial charge on any atom is 0.189 e. The summed E-state index contributed by atoms with van der Waals surface area (Å²) in [5.74, 6) is 0.551. The highest BCUT2D eigenvalue weighted by atomic mass is 16.7. The molecule has 0 amide bonds. The fourth-order valence-electron chi connectivity index (χ4n) is 1.35. The van der Waals surface area contributed by atoms with Gasteiger partial charge in [-0.25, -0.2) is 0 Å². The molecule has 1 aromatic carbocycles. The molecule has 1 aromatic rings. The van der Waals surface area contributed by atoms with Gasteiger partial charge in [-0.2, -0.15) is 0 Å². The molecule has 0 saturated heterocycles. The molecule has 0 unspecified atom stereocenters. The Bertz CT molecular complexity index is 349. The number of aldehydes is 1. The minimum absolute atomic E-state index is 0.121. The molecule has 0 atom stereocenters. The SMILES string of the molecule is CCc1ccc(OCOCCOC)c(C=O)c1. The first-order valence-corrected chi connectivity index (χ1v) is 5.59. The number of methoxy groups -OCH3 is 1. The molecule has 0 saturated carbocycles. The number of carbonyl (C=O) groups excluding carboxylic acids is 1. The first-order chi connectivity index (χ1) is 8.31. The van der Waals surface area contributed by atoms with Crippen molar-refractivity contribution in [1.82, 2.24) is 0 Å². The molecule has 0 N–H and O–H groups in total. The Morgan fingerprint density at radius 1 is 1.29 bits per heavy atom. The average molecular weight is 238 g/mol. The molecule has 0 aromatic heterocycles. The highest BCUT2D eigenvalue weighted by molar-refractivity contribution is 5.79. The second-order valence-corrected chi connectivity index (χ2v) is 3.51. The first-order valence-electron chi connectivity index (χ1n) is 5.59. The van der Waals surface area contributed by atoms with Crippen LogP contribution in [0.15, 0.2) is 18.2 Å². The Morgan fingerprint density at radius 3 is 2.76 bits per heavy atom. The van der Waals surface area contributed by atoms with E-state index in [0.29, 0.717) is 24.5 Å². The third-order valence-corrected chi connectivity index (χ3v) is 2.34. The summed E-state index contributed by atoms with van der Waals surface area (Å²) in [4.78, 5) is 10.9. The van der Waals surface area contributed by atoms with Crippen LogP contribution in [0.2, 0.25) is 0 Å². The minimum atomic E-state index is 0.121. The van der Waals surface area contributed by atoms with Crippen LogP contribution in [-0.4, -0.2) is 33.4 Å². The van der Waals surface area contributed by atoms with Gasteiger partial charge in [0.25, 0.3) is 0 Å². The summed E-state index contributed by atoms with van der Waals surface area (Å²) in [5, 5.41) is 0. The Hall–Kier alpha value is -1.39. The van der Waals surface area contributed by atoms with Gasteiger partial charge in [-0.1, -0.05) is 13.0 Å². The molecule has 0 aliphatic carbocycles. The van der Waals surface area contributed by atoms with Gasteiger partial charge in [0.15, 0.2) is 13.1 Å². The second-order valence-electron chi connectivity index (χ2n) is 3.51. The van der Waals surface area contributed by atoms with Gasteiger partial charge in [0, 0.05) is 7.11 Å². The Labute approximate surface area is 101 Å². The third kappa shape index (κ3) is 4.54. The van der Waals surface area contributed by atoms with E-state index in [1.807, 2.05) is 19.1 Å². The normalized spacial score (nSPS) is 10.2. The Morgan fingerprint density at radius 2 is 2.12 bits per heavy atom. The van der Waals surface area contributed by atoms with Crippen LogP contribution in [0, 0.1) is 0 Å². The predicted octanol–water partition coefficient (Wildman–Crippen LogP) is 2.06. The summed E-state index contributed by atoms with van der Waals surface area (Å²) in [7, 11) is 1.61. The molecule has 0 spiro atoms. The fraction of sp³-hybridized carbons (Fsp3) is 0.462. The van der Waals surface area contributed by atoms with Crippen molar-refractivity contribution in [2.45, 2.75) is 13.3 Å². The number of hydrogen-bond donors (Lipinski definition) is 0. The van der Waals surface area contributed by atoms with Crippen molar-refractivity contribution in [1.29, 1.82) is 0 Å². The van der Waals surface area contributed by atoms with Crippen molar-refractivity contribution in [2.75, 3.05) is 27.1 Å². The monoisotopic (exact) mass is 238 g/mol. The van der Waals surface area contributed by atoms with Crippen molar-refractivity contribution in [2.24, 2.45) is 0 Å². The van der Waals surface area contributed by atoms with Crippen LogP contribution in [0.1, 0.15) is 22.8 Å². The molecular formula is C13H18O4. The number of benzene rings is 1. The lowest BCUT2D eigenvalue weighted by Gasteiger charge is -2.09. The average Bonchev–Trinajstić information content (AvgIpc) is 2.38. The number of hydrogen-bond acceptors (Lipinski definition) is 4. The highest BCUT2D eigenvalue weighted by Crippen LogP contribution is 2.18. The molecule has 4 nitrogen and oxygen atoms in total. The van der Waals surface area contributed by atoms with Crippen molar-refractivity contribution < 1.29 is 19.0 Å². The summed E-state index contributed by atoms with van der Waals surface area (Å²) in [6.07, 6.45) is 1.69. The van der Waals surface area contributed by atoms with Gasteiger partial charge in [-0.3, -0.25) is 4.79 Å². The van der Waals surface area contributed by atoms with Crippen molar-refractivity contribution in [3.8, 4) is 5.75 Å². The van der Waals surface area contributed by atoms with Gasteiger partial charge in [0.05, 0.1) is 18.8 Å². The number of carbonyl (C=O) groups is 1. The van der Waals surface area contributed by atoms with Crippen LogP contribution in [0.25, 0.3) is 0 Å². The lowest BCUT2D eigenvalue weighted by Crippen LogP contribution is -2.08. The molecular weight excluding hydrogens is 220 g/mol. The molecule has 4 heteroatoms. The molecule has 1 rings (SSSR count). The van der Waals surface area contributed by atoms with E-state index >= 15 is 0 Å². The standard InChI is InChI=1S/C13H18O4/c1-3-11-4-5-13(12(8-11)9-14)17-10-16-7-6-15-2/h4-5,8-9H,3,6-7,10H2,1-2H3. The van der Waals surface area contributed by atoms with Crippen LogP contribution in [0.5, 0.6) is 5.75 Å². The van der Waals surface area contributed by atoms with Gasteiger partial charge >= 0.3 is 0 Å². The topological polar surface area (TPSA) is 44.8 Å². The van der Waals surface area contributed by atoms with E-state index in [9.17, 15) is 4.79 Å². The van der Waals surface area contributed by atoms with Crippen LogP contribution in [-0.2, 0) is 15.9 Å². The lowest BCUT2D eigenvalue weighted by molar-refractivity contribution is -0.00867. The zero-order chi connectivity index (χ0) is 12.5. The Kier molecular flexibility index (Phi) is 6.29. The molecule has 0 bridgehead atoms. The maximum absolute atomic E-state index is 10.9. The maximum atomic E-state index is 10.9. The number of ether oxygens (including phenoxy) is 3. The zero-order valence-electron chi connectivity index (χ0n) is 10.3. The third-order valence-electron chi connectivity index (χ3n) is 2.34. The molecule has 0 radical (unpaired) electrons. The number of rotatable bonds is 8. The largest absolute Gasteiger partial charge is 0.467 e. The predicted molar refractivity (Wildman–Crippen MR) is 64.5 cm³/mol. The Balaban J connectivity index is 2.49. The van der Waals surface area contributed by atoms with Crippen LogP contribution in [0.3, 0.4) is 0 Å². The molecule has 94 valence electrons. The van der Waals surface area contributed by atoms with Crippen LogP contribution < -0.4 is 4.74 Å². The van der Waals surface area contributed by atoms with E-state index in [0.717, 1.165) is 18.3 Å². The van der Waals surface area contributed by atoms with E-state index in [4.69, 9.17) is 14.2 Å². The van der Waals surface area contributed by atoms with Crippen molar-refractivity contribution in [3.63, 3.8) is 0 Å². The summed E-state index contributed by atoms with van der Waals surface area (Å²) < 4.78 is 15.4. The smallest absolute Gasteiger partial charge is 0.189 e. The van der Waals surface area contributed by atoms with Crippen LogP contribution in [0.4, 0.5) is 0 Å². The highest BCUT2D eigenvalue weighted by Gasteiger charge is 2.03. The summed E-state index contributed by atoms with van der Waals surface area (Å²) in [5.41, 5.74) is 1.67. The number of aryl methyl sites for hydroxylation is 1. The molecule has 0 aliphatic rings. The summed E-state index contributed by atoms with van der Waals surface area (Å²) >= 11 is 0. The van der Waals surface area contributed by atoms with Gasteiger partial charge in [0.2, 0.25) is 0 Å². The fourth-order valence-corrected chi connectivity index (χ4v) is 1.35. The molecule has 17 heavy (non-hydrogen) atoms. The van der Waals surface area contributed by atoms with Crippen molar-refractivity contribution >= 4 is 6.29 Å². The zero-order valence-corrected chi connectivity index (χ0v) is 10.3. The molecule has 0 aliphatic heterocycles. The van der Waals surface area contributed by atoms with E-state index in [1.54, 1.807) is 13.2 Å². The van der Waals surface area contributed by atoms with Gasteiger partial charge in [0.1, 0.15) is 5.75 Å². The van der Waals surface area contributed by atoms with E-state index in [2.05, 4.69) is 0 Å². The van der Waals surface area contributed by atoms with Gasteiger partial charge in [-0.05, 0) is 24.1 Å². The van der Waals surface area contributed by atoms with Gasteiger partial charge < -0.3 is 14.2 Å². The summed E-state index contributed by atoms with van der Waals surface area (Å²) in [6.45, 7) is 3.16. The van der Waals surface area contributed by atoms with E-state index in [1.165, 1.54) is 0 Å². The second kappa shape index (κ2) is 7.81. The lowest BCUT2D eigenvalue weighted by atomic mass is 10.1. The van der Waals surface area contributed by atoms with E-state index < -0.39 is 0 Å².